The van der Waals surface area contributed by atoms with E-state index in [9.17, 15) is 0 Å². The van der Waals surface area contributed by atoms with E-state index in [-0.39, 0.29) is 5.41 Å². The van der Waals surface area contributed by atoms with E-state index in [4.69, 9.17) is 0 Å². The lowest BCUT2D eigenvalue weighted by molar-refractivity contribution is 0.573. The molecular formula is C13H19N3. The van der Waals surface area contributed by atoms with Crippen LogP contribution in [0.4, 0.5) is 0 Å². The van der Waals surface area contributed by atoms with E-state index >= 15 is 0 Å². The SMILES string of the molecule is CNCc1c(C(C)(C)C)cc2cccnn12. The van der Waals surface area contributed by atoms with Crippen molar-refractivity contribution in [3.8, 4) is 0 Å². The molecule has 3 heteroatoms. The van der Waals surface area contributed by atoms with Gasteiger partial charge in [0.05, 0.1) is 11.2 Å². The van der Waals surface area contributed by atoms with Gasteiger partial charge in [-0.3, -0.25) is 0 Å². The molecule has 2 aromatic rings. The predicted octanol–water partition coefficient (Wildman–Crippen LogP) is 2.35. The first-order valence-electron chi connectivity index (χ1n) is 5.65. The highest BCUT2D eigenvalue weighted by molar-refractivity contribution is 5.53. The van der Waals surface area contributed by atoms with Crippen molar-refractivity contribution in [3.63, 3.8) is 0 Å². The first-order valence-corrected chi connectivity index (χ1v) is 5.65. The second-order valence-corrected chi connectivity index (χ2v) is 5.15. The number of fused-ring (bicyclic) bond motifs is 1. The zero-order valence-corrected chi connectivity index (χ0v) is 10.4. The second-order valence-electron chi connectivity index (χ2n) is 5.15. The van der Waals surface area contributed by atoms with Gasteiger partial charge in [-0.2, -0.15) is 5.10 Å². The summed E-state index contributed by atoms with van der Waals surface area (Å²) in [7, 11) is 1.97. The van der Waals surface area contributed by atoms with Crippen LogP contribution in [0.15, 0.2) is 24.4 Å². The van der Waals surface area contributed by atoms with Gasteiger partial charge >= 0.3 is 0 Å². The van der Waals surface area contributed by atoms with Crippen LogP contribution < -0.4 is 5.32 Å². The zero-order valence-electron chi connectivity index (χ0n) is 10.4. The molecule has 86 valence electrons. The van der Waals surface area contributed by atoms with E-state index in [0.29, 0.717) is 0 Å². The van der Waals surface area contributed by atoms with Crippen molar-refractivity contribution in [2.75, 3.05) is 7.05 Å². The Morgan fingerprint density at radius 2 is 2.12 bits per heavy atom. The van der Waals surface area contributed by atoms with Crippen LogP contribution in [-0.2, 0) is 12.0 Å². The Hall–Kier alpha value is -1.35. The van der Waals surface area contributed by atoms with Gasteiger partial charge in [-0.05, 0) is 36.2 Å². The summed E-state index contributed by atoms with van der Waals surface area (Å²) in [6.45, 7) is 7.56. The highest BCUT2D eigenvalue weighted by Gasteiger charge is 2.21. The molecule has 0 aliphatic rings. The van der Waals surface area contributed by atoms with Gasteiger partial charge < -0.3 is 5.32 Å². The number of rotatable bonds is 2. The van der Waals surface area contributed by atoms with Crippen molar-refractivity contribution in [3.05, 3.63) is 35.7 Å². The Morgan fingerprint density at radius 3 is 2.75 bits per heavy atom. The minimum absolute atomic E-state index is 0.153. The monoisotopic (exact) mass is 217 g/mol. The first-order chi connectivity index (χ1) is 7.54. The number of nitrogens with zero attached hydrogens (tertiary/aromatic N) is 2. The van der Waals surface area contributed by atoms with Crippen LogP contribution in [0.5, 0.6) is 0 Å². The highest BCUT2D eigenvalue weighted by Crippen LogP contribution is 2.28. The van der Waals surface area contributed by atoms with Crippen LogP contribution >= 0.6 is 0 Å². The van der Waals surface area contributed by atoms with Crippen LogP contribution in [0.25, 0.3) is 5.52 Å². The van der Waals surface area contributed by atoms with E-state index < -0.39 is 0 Å². The fraction of sp³-hybridized carbons (Fsp3) is 0.462. The summed E-state index contributed by atoms with van der Waals surface area (Å²) in [5.74, 6) is 0. The van der Waals surface area contributed by atoms with Crippen LogP contribution in [0.1, 0.15) is 32.0 Å². The van der Waals surface area contributed by atoms with Gasteiger partial charge in [0.2, 0.25) is 0 Å². The van der Waals surface area contributed by atoms with Crippen molar-refractivity contribution >= 4 is 5.52 Å². The Bertz CT molecular complexity index is 491. The van der Waals surface area contributed by atoms with E-state index in [1.54, 1.807) is 0 Å². The lowest BCUT2D eigenvalue weighted by Gasteiger charge is -2.19. The maximum absolute atomic E-state index is 4.41. The standard InChI is InChI=1S/C13H19N3/c1-13(2,3)11-8-10-6-5-7-15-16(10)12(11)9-14-4/h5-8,14H,9H2,1-4H3. The summed E-state index contributed by atoms with van der Waals surface area (Å²) in [5, 5.41) is 7.62. The van der Waals surface area contributed by atoms with Crippen molar-refractivity contribution in [2.45, 2.75) is 32.7 Å². The number of nitrogens with one attached hydrogen (secondary N) is 1. The molecule has 1 N–H and O–H groups in total. The van der Waals surface area contributed by atoms with Crippen LogP contribution in [0.3, 0.4) is 0 Å². The Labute approximate surface area is 96.5 Å². The minimum atomic E-state index is 0.153. The van der Waals surface area contributed by atoms with Gasteiger partial charge in [-0.1, -0.05) is 20.8 Å². The summed E-state index contributed by atoms with van der Waals surface area (Å²) >= 11 is 0. The lowest BCUT2D eigenvalue weighted by Crippen LogP contribution is -2.17. The molecule has 2 rings (SSSR count). The highest BCUT2D eigenvalue weighted by atomic mass is 15.2. The van der Waals surface area contributed by atoms with Gasteiger partial charge in [0.15, 0.2) is 0 Å². The molecule has 0 aliphatic heterocycles. The second kappa shape index (κ2) is 3.91. The Morgan fingerprint density at radius 1 is 1.38 bits per heavy atom. The normalized spacial score (nSPS) is 12.2. The van der Waals surface area contributed by atoms with Crippen LogP contribution in [-0.4, -0.2) is 16.7 Å². The van der Waals surface area contributed by atoms with Gasteiger partial charge in [-0.25, -0.2) is 4.52 Å². The summed E-state index contributed by atoms with van der Waals surface area (Å²) in [4.78, 5) is 0. The van der Waals surface area contributed by atoms with Crippen molar-refractivity contribution in [1.29, 1.82) is 0 Å². The van der Waals surface area contributed by atoms with Crippen molar-refractivity contribution in [1.82, 2.24) is 14.9 Å². The summed E-state index contributed by atoms with van der Waals surface area (Å²) in [5.41, 5.74) is 3.93. The average molecular weight is 217 g/mol. The number of hydrogen-bond acceptors (Lipinski definition) is 2. The van der Waals surface area contributed by atoms with E-state index in [1.807, 2.05) is 23.8 Å². The van der Waals surface area contributed by atoms with E-state index in [0.717, 1.165) is 12.1 Å². The van der Waals surface area contributed by atoms with Crippen molar-refractivity contribution in [2.24, 2.45) is 0 Å². The zero-order chi connectivity index (χ0) is 11.8. The number of hydrogen-bond donors (Lipinski definition) is 1. The topological polar surface area (TPSA) is 29.3 Å². The Kier molecular flexibility index (Phi) is 2.72. The molecule has 0 aliphatic carbocycles. The molecule has 0 bridgehead atoms. The van der Waals surface area contributed by atoms with E-state index in [1.165, 1.54) is 11.3 Å². The molecule has 0 spiro atoms. The summed E-state index contributed by atoms with van der Waals surface area (Å²) in [6, 6.07) is 6.31. The molecule has 2 heterocycles. The molecular weight excluding hydrogens is 198 g/mol. The van der Waals surface area contributed by atoms with Gasteiger partial charge in [0.25, 0.3) is 0 Å². The molecule has 2 aromatic heterocycles. The fourth-order valence-corrected chi connectivity index (χ4v) is 2.05. The quantitative estimate of drug-likeness (QED) is 0.836. The molecule has 0 amide bonds. The molecule has 0 radical (unpaired) electrons. The van der Waals surface area contributed by atoms with Gasteiger partial charge in [0, 0.05) is 12.7 Å². The predicted molar refractivity (Wildman–Crippen MR) is 66.7 cm³/mol. The third kappa shape index (κ3) is 1.83. The minimum Gasteiger partial charge on any atom is -0.314 e. The average Bonchev–Trinajstić information content (AvgIpc) is 2.58. The molecule has 16 heavy (non-hydrogen) atoms. The molecule has 0 saturated heterocycles. The summed E-state index contributed by atoms with van der Waals surface area (Å²) in [6.07, 6.45) is 1.83. The number of aromatic nitrogens is 2. The van der Waals surface area contributed by atoms with E-state index in [2.05, 4.69) is 43.3 Å². The maximum atomic E-state index is 4.41. The Balaban J connectivity index is 2.68. The van der Waals surface area contributed by atoms with Crippen LogP contribution in [0, 0.1) is 0 Å². The molecule has 3 nitrogen and oxygen atoms in total. The maximum Gasteiger partial charge on any atom is 0.0653 e. The van der Waals surface area contributed by atoms with Gasteiger partial charge in [-0.15, -0.1) is 0 Å². The third-order valence-corrected chi connectivity index (χ3v) is 2.79. The van der Waals surface area contributed by atoms with Crippen LogP contribution in [0.2, 0.25) is 0 Å². The summed E-state index contributed by atoms with van der Waals surface area (Å²) < 4.78 is 2.02. The smallest absolute Gasteiger partial charge is 0.0653 e. The third-order valence-electron chi connectivity index (χ3n) is 2.79. The lowest BCUT2D eigenvalue weighted by atomic mass is 9.87. The first kappa shape index (κ1) is 11.1. The largest absolute Gasteiger partial charge is 0.314 e. The molecule has 0 saturated carbocycles. The fourth-order valence-electron chi connectivity index (χ4n) is 2.05. The molecule has 0 atom stereocenters. The molecule has 0 fully saturated rings. The molecule has 0 unspecified atom stereocenters. The molecule has 0 aromatic carbocycles. The van der Waals surface area contributed by atoms with Crippen molar-refractivity contribution < 1.29 is 0 Å². The van der Waals surface area contributed by atoms with Gasteiger partial charge in [0.1, 0.15) is 0 Å².